The highest BCUT2D eigenvalue weighted by atomic mass is 16.5. The van der Waals surface area contributed by atoms with Crippen molar-refractivity contribution >= 4 is 0 Å². The fraction of sp³-hybridized carbons (Fsp3) is 0.929. The molecule has 0 spiro atoms. The summed E-state index contributed by atoms with van der Waals surface area (Å²) in [7, 11) is 0. The van der Waals surface area contributed by atoms with Crippen LogP contribution in [0, 0.1) is 11.3 Å². The number of morpholine rings is 1. The van der Waals surface area contributed by atoms with Crippen LogP contribution in [0.1, 0.15) is 45.4 Å². The third-order valence-corrected chi connectivity index (χ3v) is 3.81. The minimum Gasteiger partial charge on any atom is -0.370 e. The molecule has 17 heavy (non-hydrogen) atoms. The van der Waals surface area contributed by atoms with Gasteiger partial charge in [-0.1, -0.05) is 32.6 Å². The maximum Gasteiger partial charge on any atom is 0.166 e. The minimum atomic E-state index is 0.665. The Hall–Kier alpha value is -0.590. The molecule has 0 bridgehead atoms. The second-order valence-electron chi connectivity index (χ2n) is 5.21. The van der Waals surface area contributed by atoms with Gasteiger partial charge in [0.05, 0.1) is 19.8 Å². The SMILES string of the molecule is CCCCCCCC[N+]1(CC#N)CCOCC1. The Morgan fingerprint density at radius 1 is 1.06 bits per heavy atom. The number of quaternary nitrogens is 1. The number of hydrogen-bond donors (Lipinski definition) is 0. The average Bonchev–Trinajstić information content (AvgIpc) is 2.35. The molecule has 98 valence electrons. The summed E-state index contributed by atoms with van der Waals surface area (Å²) in [5.74, 6) is 0. The molecule has 0 saturated carbocycles. The predicted octanol–water partition coefficient (Wildman–Crippen LogP) is 2.72. The first-order chi connectivity index (χ1) is 8.33. The van der Waals surface area contributed by atoms with Crippen LogP contribution in [0.2, 0.25) is 0 Å². The molecule has 3 nitrogen and oxygen atoms in total. The van der Waals surface area contributed by atoms with E-state index in [4.69, 9.17) is 10.00 Å². The Morgan fingerprint density at radius 2 is 1.71 bits per heavy atom. The van der Waals surface area contributed by atoms with Gasteiger partial charge in [0.15, 0.2) is 6.54 Å². The summed E-state index contributed by atoms with van der Waals surface area (Å²) in [6, 6.07) is 2.36. The Morgan fingerprint density at radius 3 is 2.35 bits per heavy atom. The van der Waals surface area contributed by atoms with Crippen LogP contribution in [0.15, 0.2) is 0 Å². The number of nitriles is 1. The van der Waals surface area contributed by atoms with E-state index in [9.17, 15) is 0 Å². The first kappa shape index (κ1) is 14.5. The number of hydrogen-bond acceptors (Lipinski definition) is 2. The van der Waals surface area contributed by atoms with Gasteiger partial charge in [0.2, 0.25) is 0 Å². The highest BCUT2D eigenvalue weighted by Gasteiger charge is 2.29. The summed E-state index contributed by atoms with van der Waals surface area (Å²) in [4.78, 5) is 0. The van der Waals surface area contributed by atoms with Crippen LogP contribution in [0.3, 0.4) is 0 Å². The zero-order valence-corrected chi connectivity index (χ0v) is 11.3. The van der Waals surface area contributed by atoms with Crippen molar-refractivity contribution in [3.63, 3.8) is 0 Å². The van der Waals surface area contributed by atoms with Gasteiger partial charge in [-0.2, -0.15) is 5.26 Å². The summed E-state index contributed by atoms with van der Waals surface area (Å²) in [5, 5.41) is 8.95. The number of rotatable bonds is 8. The molecule has 0 N–H and O–H groups in total. The van der Waals surface area contributed by atoms with Crippen molar-refractivity contribution in [3.05, 3.63) is 0 Å². The molecule has 0 unspecified atom stereocenters. The molecule has 1 aliphatic rings. The number of unbranched alkanes of at least 4 members (excludes halogenated alkanes) is 5. The van der Waals surface area contributed by atoms with Crippen LogP contribution < -0.4 is 0 Å². The Balaban J connectivity index is 2.18. The highest BCUT2D eigenvalue weighted by Crippen LogP contribution is 2.14. The van der Waals surface area contributed by atoms with E-state index in [1.165, 1.54) is 45.1 Å². The average molecular weight is 239 g/mol. The number of ether oxygens (including phenoxy) is 1. The maximum absolute atomic E-state index is 8.95. The lowest BCUT2D eigenvalue weighted by molar-refractivity contribution is -0.929. The largest absolute Gasteiger partial charge is 0.370 e. The third kappa shape index (κ3) is 5.52. The molecule has 1 heterocycles. The number of nitrogens with zero attached hydrogens (tertiary/aromatic N) is 2. The molecule has 0 aromatic rings. The third-order valence-electron chi connectivity index (χ3n) is 3.81. The molecular formula is C14H27N2O+. The van der Waals surface area contributed by atoms with Crippen molar-refractivity contribution in [1.29, 1.82) is 5.26 Å². The molecule has 1 rings (SSSR count). The van der Waals surface area contributed by atoms with Gasteiger partial charge in [0.25, 0.3) is 0 Å². The molecule has 0 aromatic heterocycles. The molecule has 1 saturated heterocycles. The second-order valence-corrected chi connectivity index (χ2v) is 5.21. The Labute approximate surface area is 106 Å². The van der Waals surface area contributed by atoms with Crippen molar-refractivity contribution in [1.82, 2.24) is 0 Å². The zero-order valence-electron chi connectivity index (χ0n) is 11.3. The van der Waals surface area contributed by atoms with Gasteiger partial charge in [0.1, 0.15) is 19.2 Å². The fourth-order valence-corrected chi connectivity index (χ4v) is 2.57. The fourth-order valence-electron chi connectivity index (χ4n) is 2.57. The van der Waals surface area contributed by atoms with Crippen molar-refractivity contribution < 1.29 is 9.22 Å². The van der Waals surface area contributed by atoms with Gasteiger partial charge < -0.3 is 9.22 Å². The monoisotopic (exact) mass is 239 g/mol. The minimum absolute atomic E-state index is 0.665. The Bertz CT molecular complexity index is 229. The van der Waals surface area contributed by atoms with Crippen LogP contribution in [-0.2, 0) is 4.74 Å². The highest BCUT2D eigenvalue weighted by molar-refractivity contribution is 4.70. The molecule has 0 radical (unpaired) electrons. The van der Waals surface area contributed by atoms with Crippen molar-refractivity contribution in [3.8, 4) is 6.07 Å². The molecule has 1 aliphatic heterocycles. The first-order valence-corrected chi connectivity index (χ1v) is 7.13. The van der Waals surface area contributed by atoms with Crippen LogP contribution in [-0.4, -0.2) is 43.9 Å². The molecule has 0 aromatic carbocycles. The van der Waals surface area contributed by atoms with Gasteiger partial charge in [-0.25, -0.2) is 0 Å². The topological polar surface area (TPSA) is 33.0 Å². The van der Waals surface area contributed by atoms with Crippen molar-refractivity contribution in [2.75, 3.05) is 39.4 Å². The van der Waals surface area contributed by atoms with Gasteiger partial charge >= 0.3 is 0 Å². The Kier molecular flexibility index (Phi) is 7.23. The van der Waals surface area contributed by atoms with Crippen molar-refractivity contribution in [2.24, 2.45) is 0 Å². The van der Waals surface area contributed by atoms with Crippen LogP contribution in [0.25, 0.3) is 0 Å². The smallest absolute Gasteiger partial charge is 0.166 e. The molecule has 0 atom stereocenters. The molecular weight excluding hydrogens is 212 g/mol. The lowest BCUT2D eigenvalue weighted by Crippen LogP contribution is -2.55. The lowest BCUT2D eigenvalue weighted by Gasteiger charge is -2.39. The van der Waals surface area contributed by atoms with Gasteiger partial charge in [-0.3, -0.25) is 0 Å². The quantitative estimate of drug-likeness (QED) is 0.371. The van der Waals surface area contributed by atoms with Gasteiger partial charge in [0, 0.05) is 0 Å². The summed E-state index contributed by atoms with van der Waals surface area (Å²) in [5.41, 5.74) is 0. The van der Waals surface area contributed by atoms with Gasteiger partial charge in [-0.05, 0) is 12.8 Å². The molecule has 0 aliphatic carbocycles. The normalized spacial score (nSPS) is 18.8. The standard InChI is InChI=1S/C14H27N2O/c1-2-3-4-5-6-7-9-16(10-8-15)11-13-17-14-12-16/h2-7,9-14H2,1H3/q+1. The molecule has 0 amide bonds. The van der Waals surface area contributed by atoms with E-state index in [2.05, 4.69) is 13.0 Å². The van der Waals surface area contributed by atoms with E-state index >= 15 is 0 Å². The van der Waals surface area contributed by atoms with E-state index in [0.29, 0.717) is 6.54 Å². The molecule has 3 heteroatoms. The predicted molar refractivity (Wildman–Crippen MR) is 69.5 cm³/mol. The first-order valence-electron chi connectivity index (χ1n) is 7.13. The summed E-state index contributed by atoms with van der Waals surface area (Å²) in [6.07, 6.45) is 8.00. The van der Waals surface area contributed by atoms with Crippen LogP contribution in [0.4, 0.5) is 0 Å². The van der Waals surface area contributed by atoms with E-state index in [1.54, 1.807) is 0 Å². The molecule has 1 fully saturated rings. The van der Waals surface area contributed by atoms with E-state index in [1.807, 2.05) is 0 Å². The summed E-state index contributed by atoms with van der Waals surface area (Å²) < 4.78 is 6.38. The van der Waals surface area contributed by atoms with E-state index in [-0.39, 0.29) is 0 Å². The second kappa shape index (κ2) is 8.49. The lowest BCUT2D eigenvalue weighted by atomic mass is 10.1. The van der Waals surface area contributed by atoms with Gasteiger partial charge in [-0.15, -0.1) is 0 Å². The zero-order chi connectivity index (χ0) is 12.4. The van der Waals surface area contributed by atoms with Crippen molar-refractivity contribution in [2.45, 2.75) is 45.4 Å². The maximum atomic E-state index is 8.95. The summed E-state index contributed by atoms with van der Waals surface area (Å²) in [6.45, 7) is 7.81. The summed E-state index contributed by atoms with van der Waals surface area (Å²) >= 11 is 0. The van der Waals surface area contributed by atoms with Crippen LogP contribution >= 0.6 is 0 Å². The van der Waals surface area contributed by atoms with E-state index in [0.717, 1.165) is 30.8 Å². The van der Waals surface area contributed by atoms with Crippen LogP contribution in [0.5, 0.6) is 0 Å². The van der Waals surface area contributed by atoms with E-state index < -0.39 is 0 Å².